The number of hydrogen-bond donors (Lipinski definition) is 1. The highest BCUT2D eigenvalue weighted by Gasteiger charge is 2.28. The fourth-order valence-corrected chi connectivity index (χ4v) is 2.02. The number of rotatable bonds is 5. The van der Waals surface area contributed by atoms with Crippen LogP contribution in [0.1, 0.15) is 20.3 Å². The van der Waals surface area contributed by atoms with Crippen LogP contribution in [0.15, 0.2) is 23.3 Å². The van der Waals surface area contributed by atoms with Crippen molar-refractivity contribution in [3.05, 3.63) is 23.3 Å². The quantitative estimate of drug-likeness (QED) is 0.795. The van der Waals surface area contributed by atoms with Gasteiger partial charge in [0.25, 0.3) is 0 Å². The van der Waals surface area contributed by atoms with Crippen molar-refractivity contribution in [1.82, 2.24) is 4.90 Å². The molecule has 4 heteroatoms. The Morgan fingerprint density at radius 3 is 2.61 bits per heavy atom. The smallest absolute Gasteiger partial charge is 0.221 e. The van der Waals surface area contributed by atoms with Crippen molar-refractivity contribution >= 4 is 11.7 Å². The van der Waals surface area contributed by atoms with Crippen LogP contribution < -0.4 is 5.73 Å². The fourth-order valence-electron chi connectivity index (χ4n) is 2.02. The highest BCUT2D eigenvalue weighted by Crippen LogP contribution is 2.27. The highest BCUT2D eigenvalue weighted by molar-refractivity contribution is 5.98. The van der Waals surface area contributed by atoms with E-state index in [-0.39, 0.29) is 5.78 Å². The molecule has 0 bridgehead atoms. The van der Waals surface area contributed by atoms with E-state index in [2.05, 4.69) is 4.90 Å². The Morgan fingerprint density at radius 1 is 1.50 bits per heavy atom. The lowest BCUT2D eigenvalue weighted by molar-refractivity contribution is -0.127. The highest BCUT2D eigenvalue weighted by atomic mass is 16.1. The third kappa shape index (κ3) is 3.53. The minimum absolute atomic E-state index is 0.0209. The van der Waals surface area contributed by atoms with Crippen molar-refractivity contribution in [3.8, 4) is 0 Å². The van der Waals surface area contributed by atoms with Gasteiger partial charge in [-0.15, -0.1) is 0 Å². The summed E-state index contributed by atoms with van der Waals surface area (Å²) in [5, 5.41) is 0. The summed E-state index contributed by atoms with van der Waals surface area (Å²) in [5.41, 5.74) is 7.42. The molecule has 18 heavy (non-hydrogen) atoms. The van der Waals surface area contributed by atoms with E-state index >= 15 is 0 Å². The zero-order chi connectivity index (χ0) is 13.9. The maximum atomic E-state index is 11.9. The zero-order valence-corrected chi connectivity index (χ0v) is 11.6. The van der Waals surface area contributed by atoms with Gasteiger partial charge in [0.2, 0.25) is 5.91 Å². The van der Waals surface area contributed by atoms with Gasteiger partial charge in [-0.25, -0.2) is 0 Å². The summed E-state index contributed by atoms with van der Waals surface area (Å²) in [7, 11) is 4.02. The average Bonchev–Trinajstić information content (AvgIpc) is 2.26. The van der Waals surface area contributed by atoms with Crippen molar-refractivity contribution in [2.24, 2.45) is 17.6 Å². The first-order valence-electron chi connectivity index (χ1n) is 6.20. The van der Waals surface area contributed by atoms with Crippen LogP contribution in [0, 0.1) is 11.8 Å². The molecule has 0 aromatic carbocycles. The van der Waals surface area contributed by atoms with Crippen LogP contribution in [0.25, 0.3) is 0 Å². The van der Waals surface area contributed by atoms with Crippen LogP contribution >= 0.6 is 0 Å². The van der Waals surface area contributed by atoms with E-state index in [1.807, 2.05) is 27.1 Å². The van der Waals surface area contributed by atoms with Crippen LogP contribution in [0.2, 0.25) is 0 Å². The van der Waals surface area contributed by atoms with Gasteiger partial charge in [0, 0.05) is 12.5 Å². The molecule has 0 fully saturated rings. The Bertz CT molecular complexity index is 408. The number of nitrogens with zero attached hydrogens (tertiary/aromatic N) is 1. The zero-order valence-electron chi connectivity index (χ0n) is 11.6. The predicted octanol–water partition coefficient (Wildman–Crippen LogP) is 1.13. The summed E-state index contributed by atoms with van der Waals surface area (Å²) in [4.78, 5) is 25.2. The largest absolute Gasteiger partial charge is 0.369 e. The van der Waals surface area contributed by atoms with E-state index in [0.29, 0.717) is 0 Å². The minimum atomic E-state index is -0.448. The molecule has 0 heterocycles. The SMILES string of the molecule is CC1=CC(=O)C(C(C)C(N)=O)C=C1CCN(C)C. The fraction of sp³-hybridized carbons (Fsp3) is 0.571. The van der Waals surface area contributed by atoms with Gasteiger partial charge >= 0.3 is 0 Å². The number of allylic oxidation sites excluding steroid dienone is 3. The van der Waals surface area contributed by atoms with Gasteiger partial charge in [-0.05, 0) is 44.7 Å². The molecule has 0 spiro atoms. The second-order valence-electron chi connectivity index (χ2n) is 5.19. The Labute approximate surface area is 109 Å². The van der Waals surface area contributed by atoms with E-state index < -0.39 is 17.7 Å². The Hall–Kier alpha value is -1.42. The summed E-state index contributed by atoms with van der Waals surface area (Å²) in [5.74, 6) is -1.29. The lowest BCUT2D eigenvalue weighted by atomic mass is 9.81. The summed E-state index contributed by atoms with van der Waals surface area (Å²) in [6, 6.07) is 0. The van der Waals surface area contributed by atoms with Gasteiger partial charge in [-0.1, -0.05) is 13.0 Å². The van der Waals surface area contributed by atoms with Crippen molar-refractivity contribution in [2.45, 2.75) is 20.3 Å². The van der Waals surface area contributed by atoms with Crippen LogP contribution in [0.4, 0.5) is 0 Å². The van der Waals surface area contributed by atoms with E-state index in [9.17, 15) is 9.59 Å². The summed E-state index contributed by atoms with van der Waals surface area (Å²) >= 11 is 0. The summed E-state index contributed by atoms with van der Waals surface area (Å²) in [6.45, 7) is 4.56. The molecule has 0 saturated carbocycles. The van der Waals surface area contributed by atoms with Gasteiger partial charge in [0.1, 0.15) is 0 Å². The topological polar surface area (TPSA) is 63.4 Å². The molecule has 0 radical (unpaired) electrons. The third-order valence-electron chi connectivity index (χ3n) is 3.39. The first kappa shape index (κ1) is 14.6. The van der Waals surface area contributed by atoms with E-state index in [1.54, 1.807) is 13.0 Å². The first-order valence-corrected chi connectivity index (χ1v) is 6.20. The van der Waals surface area contributed by atoms with Gasteiger partial charge in [-0.2, -0.15) is 0 Å². The maximum absolute atomic E-state index is 11.9. The number of amides is 1. The van der Waals surface area contributed by atoms with Crippen LogP contribution in [-0.4, -0.2) is 37.2 Å². The summed E-state index contributed by atoms with van der Waals surface area (Å²) < 4.78 is 0. The molecule has 2 unspecified atom stereocenters. The van der Waals surface area contributed by atoms with Crippen LogP contribution in [0.5, 0.6) is 0 Å². The molecule has 1 rings (SSSR count). The standard InChI is InChI=1S/C14H22N2O2/c1-9-7-13(17)12(10(2)14(15)18)8-11(9)5-6-16(3)4/h7-8,10,12H,5-6H2,1-4H3,(H2,15,18). The van der Waals surface area contributed by atoms with Crippen molar-refractivity contribution in [1.29, 1.82) is 0 Å². The van der Waals surface area contributed by atoms with Crippen LogP contribution in [-0.2, 0) is 9.59 Å². The molecule has 2 atom stereocenters. The van der Waals surface area contributed by atoms with Gasteiger partial charge < -0.3 is 10.6 Å². The molecule has 2 N–H and O–H groups in total. The van der Waals surface area contributed by atoms with Crippen LogP contribution in [0.3, 0.4) is 0 Å². The van der Waals surface area contributed by atoms with Gasteiger partial charge in [0.05, 0.1) is 5.92 Å². The molecule has 1 aliphatic carbocycles. The van der Waals surface area contributed by atoms with E-state index in [4.69, 9.17) is 5.73 Å². The molecule has 100 valence electrons. The summed E-state index contributed by atoms with van der Waals surface area (Å²) in [6.07, 6.45) is 4.43. The molecule has 4 nitrogen and oxygen atoms in total. The van der Waals surface area contributed by atoms with E-state index in [0.717, 1.165) is 24.1 Å². The Morgan fingerprint density at radius 2 is 2.11 bits per heavy atom. The number of nitrogens with two attached hydrogens (primary N) is 1. The molecular formula is C14H22N2O2. The lowest BCUT2D eigenvalue weighted by Crippen LogP contribution is -2.32. The number of hydrogen-bond acceptors (Lipinski definition) is 3. The molecule has 0 aromatic heterocycles. The Kier molecular flexibility index (Phi) is 4.84. The predicted molar refractivity (Wildman–Crippen MR) is 71.9 cm³/mol. The van der Waals surface area contributed by atoms with Crippen molar-refractivity contribution in [3.63, 3.8) is 0 Å². The second-order valence-corrected chi connectivity index (χ2v) is 5.19. The first-order chi connectivity index (χ1) is 8.32. The molecule has 1 amide bonds. The van der Waals surface area contributed by atoms with Gasteiger partial charge in [-0.3, -0.25) is 9.59 Å². The molecular weight excluding hydrogens is 228 g/mol. The third-order valence-corrected chi connectivity index (χ3v) is 3.39. The maximum Gasteiger partial charge on any atom is 0.221 e. The molecule has 0 aliphatic heterocycles. The average molecular weight is 250 g/mol. The number of carbonyl (C=O) groups excluding carboxylic acids is 2. The number of carbonyl (C=O) groups is 2. The minimum Gasteiger partial charge on any atom is -0.369 e. The molecule has 0 saturated heterocycles. The van der Waals surface area contributed by atoms with E-state index in [1.165, 1.54) is 0 Å². The second kappa shape index (κ2) is 5.96. The Balaban J connectivity index is 2.87. The normalized spacial score (nSPS) is 21.6. The number of primary amides is 1. The monoisotopic (exact) mass is 250 g/mol. The van der Waals surface area contributed by atoms with Gasteiger partial charge in [0.15, 0.2) is 5.78 Å². The van der Waals surface area contributed by atoms with Crippen molar-refractivity contribution in [2.75, 3.05) is 20.6 Å². The number of ketones is 1. The van der Waals surface area contributed by atoms with Crippen molar-refractivity contribution < 1.29 is 9.59 Å². The molecule has 1 aliphatic rings. The lowest BCUT2D eigenvalue weighted by Gasteiger charge is -2.23. The molecule has 0 aromatic rings.